The molecule has 1 aromatic carbocycles. The third-order valence-corrected chi connectivity index (χ3v) is 2.95. The van der Waals surface area contributed by atoms with Crippen molar-refractivity contribution in [2.45, 2.75) is 25.1 Å². The van der Waals surface area contributed by atoms with Crippen LogP contribution in [0.15, 0.2) is 18.2 Å². The second-order valence-corrected chi connectivity index (χ2v) is 4.20. The van der Waals surface area contributed by atoms with E-state index in [1.54, 1.807) is 0 Å². The predicted molar refractivity (Wildman–Crippen MR) is 55.1 cm³/mol. The molecule has 2 rings (SSSR count). The van der Waals surface area contributed by atoms with Crippen molar-refractivity contribution in [2.24, 2.45) is 0 Å². The highest BCUT2D eigenvalue weighted by Crippen LogP contribution is 2.37. The summed E-state index contributed by atoms with van der Waals surface area (Å²) in [5.41, 5.74) is 0.640. The van der Waals surface area contributed by atoms with Crippen LogP contribution in [-0.2, 0) is 4.79 Å². The van der Waals surface area contributed by atoms with E-state index < -0.39 is 12.1 Å². The van der Waals surface area contributed by atoms with E-state index in [0.717, 1.165) is 6.07 Å². The summed E-state index contributed by atoms with van der Waals surface area (Å²) < 4.78 is 39.7. The summed E-state index contributed by atoms with van der Waals surface area (Å²) in [6.45, 7) is 0. The van der Waals surface area contributed by atoms with Crippen LogP contribution in [0, 0.1) is 0 Å². The number of halogens is 4. The van der Waals surface area contributed by atoms with Gasteiger partial charge in [0.25, 0.3) is 0 Å². The lowest BCUT2D eigenvalue weighted by molar-refractivity contribution is -0.274. The Morgan fingerprint density at radius 1 is 1.35 bits per heavy atom. The molecule has 2 nitrogen and oxygen atoms in total. The van der Waals surface area contributed by atoms with Crippen molar-refractivity contribution in [1.29, 1.82) is 0 Å². The summed E-state index contributed by atoms with van der Waals surface area (Å²) in [6.07, 6.45) is -3.53. The van der Waals surface area contributed by atoms with E-state index in [1.165, 1.54) is 12.1 Å². The molecule has 0 radical (unpaired) electrons. The van der Waals surface area contributed by atoms with Crippen LogP contribution in [0.4, 0.5) is 13.2 Å². The molecule has 0 N–H and O–H groups in total. The van der Waals surface area contributed by atoms with E-state index in [2.05, 4.69) is 4.74 Å². The summed E-state index contributed by atoms with van der Waals surface area (Å²) >= 11 is 5.67. The predicted octanol–water partition coefficient (Wildman–Crippen LogP) is 3.69. The molecule has 0 heterocycles. The molecule has 1 aliphatic carbocycles. The summed E-state index contributed by atoms with van der Waals surface area (Å²) in [4.78, 5) is 11.2. The Bertz CT molecular complexity index is 457. The van der Waals surface area contributed by atoms with Crippen LogP contribution in [0.2, 0.25) is 5.02 Å². The average molecular weight is 265 g/mol. The maximum absolute atomic E-state index is 12.0. The lowest BCUT2D eigenvalue weighted by Gasteiger charge is -2.24. The van der Waals surface area contributed by atoms with Gasteiger partial charge in [0.15, 0.2) is 0 Å². The van der Waals surface area contributed by atoms with E-state index in [4.69, 9.17) is 11.6 Å². The van der Waals surface area contributed by atoms with Gasteiger partial charge in [-0.2, -0.15) is 0 Å². The molecule has 0 spiro atoms. The number of benzene rings is 1. The maximum atomic E-state index is 12.0. The Balaban J connectivity index is 2.20. The summed E-state index contributed by atoms with van der Waals surface area (Å²) in [5.74, 6) is -0.590. The molecule has 0 bridgehead atoms. The molecule has 0 amide bonds. The fraction of sp³-hybridized carbons (Fsp3) is 0.364. The second kappa shape index (κ2) is 4.22. The van der Waals surface area contributed by atoms with Gasteiger partial charge >= 0.3 is 6.36 Å². The molecule has 0 saturated heterocycles. The summed E-state index contributed by atoms with van der Waals surface area (Å²) in [5, 5.41) is -0.139. The summed E-state index contributed by atoms with van der Waals surface area (Å²) in [7, 11) is 0. The number of Topliss-reactive ketones (excluding diaryl/α,β-unsaturated/α-hetero) is 1. The zero-order chi connectivity index (χ0) is 12.6. The van der Waals surface area contributed by atoms with Crippen LogP contribution in [0.25, 0.3) is 0 Å². The van der Waals surface area contributed by atoms with Gasteiger partial charge in [0, 0.05) is 12.3 Å². The third-order valence-electron chi connectivity index (χ3n) is 2.65. The van der Waals surface area contributed by atoms with Gasteiger partial charge in [0.2, 0.25) is 0 Å². The summed E-state index contributed by atoms with van der Waals surface area (Å²) in [6, 6.07) is 3.93. The molecule has 1 aliphatic rings. The van der Waals surface area contributed by atoms with Crippen molar-refractivity contribution >= 4 is 17.4 Å². The third kappa shape index (κ3) is 2.72. The van der Waals surface area contributed by atoms with Gasteiger partial charge in [-0.25, -0.2) is 0 Å². The lowest BCUT2D eigenvalue weighted by atomic mass is 9.79. The first kappa shape index (κ1) is 12.2. The molecular weight excluding hydrogens is 257 g/mol. The standard InChI is InChI=1S/C11H8ClF3O2/c12-8-5-6(7-2-3-9(7)16)1-4-10(8)17-11(13,14)15/h1,4-5,7H,2-3H2. The zero-order valence-corrected chi connectivity index (χ0v) is 9.31. The number of ketones is 1. The van der Waals surface area contributed by atoms with Gasteiger partial charge in [0.05, 0.1) is 5.02 Å². The average Bonchev–Trinajstić information content (AvgIpc) is 2.18. The van der Waals surface area contributed by atoms with Crippen LogP contribution in [0.1, 0.15) is 24.3 Å². The molecule has 0 aromatic heterocycles. The first-order valence-corrected chi connectivity index (χ1v) is 5.32. The van der Waals surface area contributed by atoms with Crippen molar-refractivity contribution in [3.8, 4) is 5.75 Å². The minimum absolute atomic E-state index is 0.0885. The van der Waals surface area contributed by atoms with Crippen LogP contribution in [0.3, 0.4) is 0 Å². The van der Waals surface area contributed by atoms with E-state index in [9.17, 15) is 18.0 Å². The minimum Gasteiger partial charge on any atom is -0.404 e. The van der Waals surface area contributed by atoms with Gasteiger partial charge in [-0.15, -0.1) is 13.2 Å². The van der Waals surface area contributed by atoms with Gasteiger partial charge in [-0.1, -0.05) is 17.7 Å². The quantitative estimate of drug-likeness (QED) is 0.814. The van der Waals surface area contributed by atoms with Crippen LogP contribution in [0.5, 0.6) is 5.75 Å². The van der Waals surface area contributed by atoms with Gasteiger partial charge < -0.3 is 4.74 Å². The van der Waals surface area contributed by atoms with E-state index in [0.29, 0.717) is 18.4 Å². The number of hydrogen-bond acceptors (Lipinski definition) is 2. The molecule has 1 unspecified atom stereocenters. The topological polar surface area (TPSA) is 26.3 Å². The highest BCUT2D eigenvalue weighted by atomic mass is 35.5. The largest absolute Gasteiger partial charge is 0.573 e. The molecule has 6 heteroatoms. The van der Waals surface area contributed by atoms with Gasteiger partial charge in [-0.05, 0) is 24.1 Å². The number of ether oxygens (including phenoxy) is 1. The Morgan fingerprint density at radius 3 is 2.47 bits per heavy atom. The number of rotatable bonds is 2. The van der Waals surface area contributed by atoms with Gasteiger partial charge in [-0.3, -0.25) is 4.79 Å². The monoisotopic (exact) mass is 264 g/mol. The number of alkyl halides is 3. The number of carbonyl (C=O) groups is 1. The SMILES string of the molecule is O=C1CCC1c1ccc(OC(F)(F)F)c(Cl)c1. The molecule has 0 aliphatic heterocycles. The van der Waals surface area contributed by atoms with Crippen LogP contribution >= 0.6 is 11.6 Å². The highest BCUT2D eigenvalue weighted by molar-refractivity contribution is 6.32. The fourth-order valence-corrected chi connectivity index (χ4v) is 1.93. The highest BCUT2D eigenvalue weighted by Gasteiger charge is 2.33. The number of carbonyl (C=O) groups excluding carboxylic acids is 1. The molecule has 1 fully saturated rings. The van der Waals surface area contributed by atoms with Crippen molar-refractivity contribution < 1.29 is 22.7 Å². The Kier molecular flexibility index (Phi) is 3.03. The van der Waals surface area contributed by atoms with E-state index in [1.807, 2.05) is 0 Å². The lowest BCUT2D eigenvalue weighted by Crippen LogP contribution is -2.23. The first-order chi connectivity index (χ1) is 7.87. The molecule has 1 atom stereocenters. The molecular formula is C11H8ClF3O2. The van der Waals surface area contributed by atoms with Crippen molar-refractivity contribution in [3.63, 3.8) is 0 Å². The Labute approximate surface area is 100 Å². The Morgan fingerprint density at radius 2 is 2.06 bits per heavy atom. The minimum atomic E-state index is -4.77. The number of hydrogen-bond donors (Lipinski definition) is 0. The maximum Gasteiger partial charge on any atom is 0.573 e. The fourth-order valence-electron chi connectivity index (χ4n) is 1.70. The normalized spacial score (nSPS) is 20.0. The second-order valence-electron chi connectivity index (χ2n) is 3.80. The smallest absolute Gasteiger partial charge is 0.404 e. The first-order valence-electron chi connectivity index (χ1n) is 4.95. The van der Waals surface area contributed by atoms with Crippen molar-refractivity contribution in [2.75, 3.05) is 0 Å². The van der Waals surface area contributed by atoms with E-state index in [-0.39, 0.29) is 16.7 Å². The zero-order valence-electron chi connectivity index (χ0n) is 8.55. The van der Waals surface area contributed by atoms with E-state index >= 15 is 0 Å². The van der Waals surface area contributed by atoms with Crippen molar-refractivity contribution in [1.82, 2.24) is 0 Å². The molecule has 1 aromatic rings. The van der Waals surface area contributed by atoms with Crippen LogP contribution in [-0.4, -0.2) is 12.1 Å². The molecule has 17 heavy (non-hydrogen) atoms. The van der Waals surface area contributed by atoms with Crippen LogP contribution < -0.4 is 4.74 Å². The van der Waals surface area contributed by atoms with Crippen molar-refractivity contribution in [3.05, 3.63) is 28.8 Å². The molecule has 1 saturated carbocycles. The Hall–Kier alpha value is -1.23. The molecule has 92 valence electrons. The van der Waals surface area contributed by atoms with Gasteiger partial charge in [0.1, 0.15) is 11.5 Å².